The zero-order chi connectivity index (χ0) is 14.0. The quantitative estimate of drug-likeness (QED) is 0.874. The van der Waals surface area contributed by atoms with Crippen LogP contribution in [0.3, 0.4) is 0 Å². The third-order valence-electron chi connectivity index (χ3n) is 2.42. The second-order valence-electron chi connectivity index (χ2n) is 3.98. The maximum absolute atomic E-state index is 12.0. The van der Waals surface area contributed by atoms with Gasteiger partial charge < -0.3 is 9.52 Å². The van der Waals surface area contributed by atoms with E-state index in [9.17, 15) is 13.5 Å². The molecule has 8 heteroatoms. The van der Waals surface area contributed by atoms with Crippen LogP contribution in [0.2, 0.25) is 0 Å². The molecule has 0 saturated heterocycles. The molecule has 0 aliphatic rings. The lowest BCUT2D eigenvalue weighted by Gasteiger charge is -2.07. The number of benzene rings is 1. The van der Waals surface area contributed by atoms with Gasteiger partial charge in [-0.1, -0.05) is 17.2 Å². The van der Waals surface area contributed by atoms with Crippen molar-refractivity contribution in [2.75, 3.05) is 4.72 Å². The van der Waals surface area contributed by atoms with E-state index in [0.29, 0.717) is 5.56 Å². The molecule has 102 valence electrons. The highest BCUT2D eigenvalue weighted by molar-refractivity contribution is 7.92. The molecule has 0 radical (unpaired) electrons. The Labute approximate surface area is 110 Å². The molecule has 2 aromatic rings. The number of anilines is 1. The summed E-state index contributed by atoms with van der Waals surface area (Å²) in [6, 6.07) is 5.69. The average molecular weight is 283 g/mol. The van der Waals surface area contributed by atoms with E-state index in [1.165, 1.54) is 24.3 Å². The molecular weight excluding hydrogens is 270 g/mol. The molecule has 1 atom stereocenters. The van der Waals surface area contributed by atoms with Crippen LogP contribution in [0.5, 0.6) is 0 Å². The van der Waals surface area contributed by atoms with Crippen molar-refractivity contribution in [1.29, 1.82) is 0 Å². The van der Waals surface area contributed by atoms with Crippen LogP contribution in [0.4, 0.5) is 6.01 Å². The molecule has 0 aliphatic heterocycles. The van der Waals surface area contributed by atoms with Crippen molar-refractivity contribution in [1.82, 2.24) is 10.2 Å². The molecule has 2 N–H and O–H groups in total. The normalized spacial score (nSPS) is 13.2. The first-order valence-corrected chi connectivity index (χ1v) is 6.98. The van der Waals surface area contributed by atoms with Gasteiger partial charge in [-0.3, -0.25) is 0 Å². The summed E-state index contributed by atoms with van der Waals surface area (Å²) in [6.45, 7) is 3.16. The minimum atomic E-state index is -3.77. The Bertz CT molecular complexity index is 662. The third-order valence-corrected chi connectivity index (χ3v) is 3.76. The van der Waals surface area contributed by atoms with Crippen molar-refractivity contribution in [2.24, 2.45) is 0 Å². The molecule has 0 amide bonds. The number of aryl methyl sites for hydroxylation is 1. The van der Waals surface area contributed by atoms with Gasteiger partial charge in [0.15, 0.2) is 0 Å². The van der Waals surface area contributed by atoms with Crippen molar-refractivity contribution in [2.45, 2.75) is 24.8 Å². The predicted molar refractivity (Wildman–Crippen MR) is 66.9 cm³/mol. The number of rotatable bonds is 4. The van der Waals surface area contributed by atoms with Crippen LogP contribution in [0.25, 0.3) is 0 Å². The Morgan fingerprint density at radius 2 is 1.89 bits per heavy atom. The van der Waals surface area contributed by atoms with E-state index >= 15 is 0 Å². The van der Waals surface area contributed by atoms with Gasteiger partial charge in [-0.05, 0) is 24.6 Å². The predicted octanol–water partition coefficient (Wildman–Crippen LogP) is 1.23. The fourth-order valence-corrected chi connectivity index (χ4v) is 2.36. The molecule has 1 aromatic carbocycles. The Morgan fingerprint density at radius 3 is 2.37 bits per heavy atom. The average Bonchev–Trinajstić information content (AvgIpc) is 2.74. The Morgan fingerprint density at radius 1 is 1.26 bits per heavy atom. The van der Waals surface area contributed by atoms with E-state index in [-0.39, 0.29) is 16.8 Å². The maximum Gasteiger partial charge on any atom is 0.329 e. The van der Waals surface area contributed by atoms with Gasteiger partial charge in [0.05, 0.1) is 11.0 Å². The first-order chi connectivity index (χ1) is 8.88. The van der Waals surface area contributed by atoms with Gasteiger partial charge in [0.25, 0.3) is 10.0 Å². The van der Waals surface area contributed by atoms with E-state index in [1.807, 2.05) is 0 Å². The van der Waals surface area contributed by atoms with E-state index in [0.717, 1.165) is 0 Å². The number of nitrogens with one attached hydrogen (secondary N) is 1. The van der Waals surface area contributed by atoms with Gasteiger partial charge in [0.2, 0.25) is 5.89 Å². The SMILES string of the molecule is Cc1nnc(NS(=O)(=O)c2ccc(C(C)O)cc2)o1. The highest BCUT2D eigenvalue weighted by Gasteiger charge is 2.17. The van der Waals surface area contributed by atoms with Gasteiger partial charge in [-0.15, -0.1) is 5.10 Å². The second kappa shape index (κ2) is 4.98. The summed E-state index contributed by atoms with van der Waals surface area (Å²) < 4.78 is 31.1. The zero-order valence-electron chi connectivity index (χ0n) is 10.4. The minimum Gasteiger partial charge on any atom is -0.408 e. The fraction of sp³-hybridized carbons (Fsp3) is 0.273. The van der Waals surface area contributed by atoms with Gasteiger partial charge in [-0.2, -0.15) is 0 Å². The van der Waals surface area contributed by atoms with Crippen LogP contribution in [-0.2, 0) is 10.0 Å². The van der Waals surface area contributed by atoms with Crippen LogP contribution in [0.1, 0.15) is 24.5 Å². The topological polar surface area (TPSA) is 105 Å². The summed E-state index contributed by atoms with van der Waals surface area (Å²) in [7, 11) is -3.77. The minimum absolute atomic E-state index is 0.0488. The number of sulfonamides is 1. The van der Waals surface area contributed by atoms with Crippen LogP contribution in [-0.4, -0.2) is 23.7 Å². The summed E-state index contributed by atoms with van der Waals surface area (Å²) in [6.07, 6.45) is -0.650. The second-order valence-corrected chi connectivity index (χ2v) is 5.66. The monoisotopic (exact) mass is 283 g/mol. The lowest BCUT2D eigenvalue weighted by molar-refractivity contribution is 0.199. The van der Waals surface area contributed by atoms with E-state index in [2.05, 4.69) is 14.9 Å². The number of aliphatic hydroxyl groups excluding tert-OH is 1. The summed E-state index contributed by atoms with van der Waals surface area (Å²) in [5.74, 6) is 0.266. The van der Waals surface area contributed by atoms with Gasteiger partial charge >= 0.3 is 6.01 Å². The highest BCUT2D eigenvalue weighted by Crippen LogP contribution is 2.18. The third kappa shape index (κ3) is 3.09. The van der Waals surface area contributed by atoms with Gasteiger partial charge in [-0.25, -0.2) is 13.1 Å². The molecule has 0 bridgehead atoms. The van der Waals surface area contributed by atoms with Crippen molar-refractivity contribution < 1.29 is 17.9 Å². The molecule has 0 fully saturated rings. The summed E-state index contributed by atoms with van der Waals surface area (Å²) in [4.78, 5) is 0.0488. The maximum atomic E-state index is 12.0. The number of nitrogens with zero attached hydrogens (tertiary/aromatic N) is 2. The van der Waals surface area contributed by atoms with Crippen LogP contribution in [0, 0.1) is 6.92 Å². The van der Waals surface area contributed by atoms with Crippen molar-refractivity contribution in [3.05, 3.63) is 35.7 Å². The zero-order valence-corrected chi connectivity index (χ0v) is 11.2. The molecule has 1 heterocycles. The highest BCUT2D eigenvalue weighted by atomic mass is 32.2. The molecule has 19 heavy (non-hydrogen) atoms. The lowest BCUT2D eigenvalue weighted by Crippen LogP contribution is -2.13. The molecule has 0 spiro atoms. The standard InChI is InChI=1S/C11H13N3O4S/c1-7(15)9-3-5-10(6-4-9)19(16,17)14-11-13-12-8(2)18-11/h3-7,15H,1-2H3,(H,13,14). The molecule has 7 nitrogen and oxygen atoms in total. The molecule has 1 unspecified atom stereocenters. The lowest BCUT2D eigenvalue weighted by atomic mass is 10.1. The number of aromatic nitrogens is 2. The van der Waals surface area contributed by atoms with Crippen LogP contribution < -0.4 is 4.72 Å². The summed E-state index contributed by atoms with van der Waals surface area (Å²) in [5.41, 5.74) is 0.632. The van der Waals surface area contributed by atoms with Crippen molar-refractivity contribution in [3.8, 4) is 0 Å². The summed E-state index contributed by atoms with van der Waals surface area (Å²) >= 11 is 0. The van der Waals surface area contributed by atoms with Crippen molar-refractivity contribution >= 4 is 16.0 Å². The van der Waals surface area contributed by atoms with E-state index in [4.69, 9.17) is 4.42 Å². The Kier molecular flexibility index (Phi) is 3.54. The number of hydrogen-bond acceptors (Lipinski definition) is 6. The number of hydrogen-bond donors (Lipinski definition) is 2. The van der Waals surface area contributed by atoms with E-state index < -0.39 is 16.1 Å². The molecular formula is C11H13N3O4S. The largest absolute Gasteiger partial charge is 0.408 e. The van der Waals surface area contributed by atoms with Crippen LogP contribution >= 0.6 is 0 Å². The fourth-order valence-electron chi connectivity index (χ4n) is 1.44. The van der Waals surface area contributed by atoms with Crippen LogP contribution in [0.15, 0.2) is 33.6 Å². The first-order valence-electron chi connectivity index (χ1n) is 5.49. The Hall–Kier alpha value is -1.93. The molecule has 0 aliphatic carbocycles. The molecule has 1 aromatic heterocycles. The van der Waals surface area contributed by atoms with E-state index in [1.54, 1.807) is 13.8 Å². The molecule has 0 saturated carbocycles. The summed E-state index contributed by atoms with van der Waals surface area (Å²) in [5, 5.41) is 16.4. The smallest absolute Gasteiger partial charge is 0.329 e. The van der Waals surface area contributed by atoms with Gasteiger partial charge in [0.1, 0.15) is 0 Å². The van der Waals surface area contributed by atoms with Crippen molar-refractivity contribution in [3.63, 3.8) is 0 Å². The molecule has 2 rings (SSSR count). The number of aliphatic hydroxyl groups is 1. The Balaban J connectivity index is 2.24. The van der Waals surface area contributed by atoms with Gasteiger partial charge in [0, 0.05) is 6.92 Å². The first kappa shape index (κ1) is 13.5.